The van der Waals surface area contributed by atoms with Gasteiger partial charge in [-0.2, -0.15) is 11.8 Å². The average molecular weight is 301 g/mol. The predicted octanol–water partition coefficient (Wildman–Crippen LogP) is 2.19. The summed E-state index contributed by atoms with van der Waals surface area (Å²) in [6, 6.07) is 1.64. The molecule has 1 rings (SSSR count). The fourth-order valence-electron chi connectivity index (χ4n) is 1.63. The lowest BCUT2D eigenvalue weighted by Crippen LogP contribution is -2.34. The molecule has 0 radical (unpaired) electrons. The zero-order valence-electron chi connectivity index (χ0n) is 11.2. The third-order valence-electron chi connectivity index (χ3n) is 2.73. The second kappa shape index (κ2) is 7.09. The highest BCUT2D eigenvalue weighted by Crippen LogP contribution is 2.27. The Balaban J connectivity index is 2.98. The molecular weight excluding hydrogens is 285 g/mol. The minimum atomic E-state index is -0.873. The van der Waals surface area contributed by atoms with Gasteiger partial charge in [-0.1, -0.05) is 0 Å². The van der Waals surface area contributed by atoms with Gasteiger partial charge < -0.3 is 11.1 Å². The van der Waals surface area contributed by atoms with Crippen LogP contribution in [-0.4, -0.2) is 28.9 Å². The summed E-state index contributed by atoms with van der Waals surface area (Å²) in [6.45, 7) is 1.78. The number of nitrogens with two attached hydrogens (primary N) is 1. The minimum Gasteiger partial charge on any atom is -0.392 e. The molecule has 110 valence electrons. The fourth-order valence-corrected chi connectivity index (χ4v) is 2.22. The number of hydrogen-bond donors (Lipinski definition) is 2. The van der Waals surface area contributed by atoms with Crippen LogP contribution in [0.15, 0.2) is 12.1 Å². The Bertz CT molecular complexity index is 525. The molecule has 1 atom stereocenters. The first-order chi connectivity index (χ1) is 9.38. The van der Waals surface area contributed by atoms with Crippen LogP contribution in [0.1, 0.15) is 23.7 Å². The molecule has 20 heavy (non-hydrogen) atoms. The number of amides is 1. The molecule has 0 spiro atoms. The van der Waals surface area contributed by atoms with Gasteiger partial charge in [0.05, 0.1) is 4.92 Å². The molecule has 0 aliphatic heterocycles. The quantitative estimate of drug-likeness (QED) is 0.477. The largest absolute Gasteiger partial charge is 0.392 e. The van der Waals surface area contributed by atoms with E-state index in [1.54, 1.807) is 18.7 Å². The van der Waals surface area contributed by atoms with Crippen LogP contribution in [0.25, 0.3) is 0 Å². The molecule has 0 saturated heterocycles. The van der Waals surface area contributed by atoms with Crippen molar-refractivity contribution in [1.29, 1.82) is 0 Å². The van der Waals surface area contributed by atoms with Crippen LogP contribution in [-0.2, 0) is 0 Å². The van der Waals surface area contributed by atoms with Gasteiger partial charge in [0.25, 0.3) is 11.6 Å². The van der Waals surface area contributed by atoms with E-state index in [4.69, 9.17) is 5.73 Å². The fraction of sp³-hybridized carbons (Fsp3) is 0.417. The Hall–Kier alpha value is -1.83. The SMILES string of the molecule is CSCCC(C)NC(=O)c1c(F)ccc([N+](=O)[O-])c1N. The van der Waals surface area contributed by atoms with Crippen molar-refractivity contribution in [1.82, 2.24) is 5.32 Å². The van der Waals surface area contributed by atoms with Gasteiger partial charge in [-0.25, -0.2) is 4.39 Å². The van der Waals surface area contributed by atoms with Gasteiger partial charge in [0.15, 0.2) is 0 Å². The van der Waals surface area contributed by atoms with Gasteiger partial charge >= 0.3 is 0 Å². The van der Waals surface area contributed by atoms with E-state index in [1.165, 1.54) is 0 Å². The molecule has 0 heterocycles. The molecule has 0 aliphatic carbocycles. The summed E-state index contributed by atoms with van der Waals surface area (Å²) >= 11 is 1.63. The van der Waals surface area contributed by atoms with Crippen molar-refractivity contribution in [2.24, 2.45) is 0 Å². The molecule has 0 bridgehead atoms. The van der Waals surface area contributed by atoms with Crippen molar-refractivity contribution < 1.29 is 14.1 Å². The highest BCUT2D eigenvalue weighted by atomic mass is 32.2. The lowest BCUT2D eigenvalue weighted by molar-refractivity contribution is -0.384. The van der Waals surface area contributed by atoms with Gasteiger partial charge in [-0.15, -0.1) is 0 Å². The number of nitrogens with zero attached hydrogens (tertiary/aromatic N) is 1. The normalized spacial score (nSPS) is 11.9. The molecule has 6 nitrogen and oxygen atoms in total. The topological polar surface area (TPSA) is 98.3 Å². The molecule has 1 amide bonds. The van der Waals surface area contributed by atoms with Crippen LogP contribution in [0.5, 0.6) is 0 Å². The lowest BCUT2D eigenvalue weighted by Gasteiger charge is -2.14. The summed E-state index contributed by atoms with van der Waals surface area (Å²) < 4.78 is 13.7. The molecule has 0 saturated carbocycles. The Morgan fingerprint density at radius 2 is 2.25 bits per heavy atom. The molecule has 1 aromatic carbocycles. The van der Waals surface area contributed by atoms with E-state index in [-0.39, 0.29) is 6.04 Å². The number of nitrogen functional groups attached to an aromatic ring is 1. The maximum Gasteiger partial charge on any atom is 0.293 e. The number of thioether (sulfide) groups is 1. The van der Waals surface area contributed by atoms with Crippen molar-refractivity contribution >= 4 is 29.0 Å². The minimum absolute atomic E-state index is 0.173. The number of benzene rings is 1. The molecule has 1 unspecified atom stereocenters. The van der Waals surface area contributed by atoms with E-state index in [1.807, 2.05) is 6.26 Å². The number of anilines is 1. The highest BCUT2D eigenvalue weighted by Gasteiger charge is 2.24. The third kappa shape index (κ3) is 3.83. The second-order valence-electron chi connectivity index (χ2n) is 4.27. The monoisotopic (exact) mass is 301 g/mol. The highest BCUT2D eigenvalue weighted by molar-refractivity contribution is 7.98. The Kier molecular flexibility index (Phi) is 5.75. The van der Waals surface area contributed by atoms with E-state index in [0.717, 1.165) is 17.9 Å². The maximum absolute atomic E-state index is 13.7. The summed E-state index contributed by atoms with van der Waals surface area (Å²) in [7, 11) is 0. The number of nitro benzene ring substituents is 1. The number of halogens is 1. The van der Waals surface area contributed by atoms with Crippen LogP contribution in [0.2, 0.25) is 0 Å². The average Bonchev–Trinajstić information content (AvgIpc) is 2.35. The van der Waals surface area contributed by atoms with Gasteiger partial charge in [-0.3, -0.25) is 14.9 Å². The first kappa shape index (κ1) is 16.2. The summed E-state index contributed by atoms with van der Waals surface area (Å²) in [5, 5.41) is 13.3. The summed E-state index contributed by atoms with van der Waals surface area (Å²) in [5.41, 5.74) is 4.11. The summed E-state index contributed by atoms with van der Waals surface area (Å²) in [5.74, 6) is -0.770. The molecule has 0 fully saturated rings. The van der Waals surface area contributed by atoms with Crippen molar-refractivity contribution in [3.8, 4) is 0 Å². The number of rotatable bonds is 6. The van der Waals surface area contributed by atoms with Crippen molar-refractivity contribution in [3.05, 3.63) is 33.6 Å². The molecule has 8 heteroatoms. The first-order valence-corrected chi connectivity index (χ1v) is 7.30. The lowest BCUT2D eigenvalue weighted by atomic mass is 10.1. The Morgan fingerprint density at radius 1 is 1.60 bits per heavy atom. The number of nitrogens with one attached hydrogen (secondary N) is 1. The molecule has 0 aromatic heterocycles. The Labute approximate surface area is 120 Å². The Morgan fingerprint density at radius 3 is 2.80 bits per heavy atom. The third-order valence-corrected chi connectivity index (χ3v) is 3.37. The van der Waals surface area contributed by atoms with Crippen LogP contribution in [0, 0.1) is 15.9 Å². The molecule has 0 aliphatic rings. The molecule has 3 N–H and O–H groups in total. The van der Waals surface area contributed by atoms with E-state index >= 15 is 0 Å². The van der Waals surface area contributed by atoms with Crippen LogP contribution >= 0.6 is 11.8 Å². The van der Waals surface area contributed by atoms with E-state index in [9.17, 15) is 19.3 Å². The maximum atomic E-state index is 13.7. The van der Waals surface area contributed by atoms with Gasteiger partial charge in [0, 0.05) is 12.1 Å². The van der Waals surface area contributed by atoms with Gasteiger partial charge in [0.1, 0.15) is 17.1 Å². The van der Waals surface area contributed by atoms with Gasteiger partial charge in [-0.05, 0) is 31.4 Å². The number of carbonyl (C=O) groups is 1. The number of hydrogen-bond acceptors (Lipinski definition) is 5. The second-order valence-corrected chi connectivity index (χ2v) is 5.25. The molecule has 1 aromatic rings. The number of carbonyl (C=O) groups excluding carboxylic acids is 1. The van der Waals surface area contributed by atoms with E-state index in [0.29, 0.717) is 6.42 Å². The van der Waals surface area contributed by atoms with Crippen LogP contribution in [0.4, 0.5) is 15.8 Å². The summed E-state index contributed by atoms with van der Waals surface area (Å²) in [4.78, 5) is 22.0. The first-order valence-electron chi connectivity index (χ1n) is 5.90. The van der Waals surface area contributed by atoms with Crippen molar-refractivity contribution in [3.63, 3.8) is 0 Å². The summed E-state index contributed by atoms with van der Waals surface area (Å²) in [6.07, 6.45) is 2.65. The smallest absolute Gasteiger partial charge is 0.293 e. The predicted molar refractivity (Wildman–Crippen MR) is 77.4 cm³/mol. The van der Waals surface area contributed by atoms with Crippen LogP contribution < -0.4 is 11.1 Å². The number of nitro groups is 1. The zero-order chi connectivity index (χ0) is 15.3. The van der Waals surface area contributed by atoms with Crippen molar-refractivity contribution in [2.45, 2.75) is 19.4 Å². The van der Waals surface area contributed by atoms with E-state index in [2.05, 4.69) is 5.32 Å². The van der Waals surface area contributed by atoms with Gasteiger partial charge in [0.2, 0.25) is 0 Å². The molecular formula is C12H16FN3O3S. The van der Waals surface area contributed by atoms with Crippen LogP contribution in [0.3, 0.4) is 0 Å². The van der Waals surface area contributed by atoms with E-state index < -0.39 is 33.6 Å². The zero-order valence-corrected chi connectivity index (χ0v) is 12.0. The van der Waals surface area contributed by atoms with Crippen molar-refractivity contribution in [2.75, 3.05) is 17.7 Å². The standard InChI is InChI=1S/C12H16FN3O3S/c1-7(5-6-20-2)15-12(17)10-8(13)3-4-9(11(10)14)16(18)19/h3-4,7H,5-6,14H2,1-2H3,(H,15,17).